The average Bonchev–Trinajstić information content (AvgIpc) is 3.11. The molecule has 0 radical (unpaired) electrons. The molecule has 1 aliphatic heterocycles. The number of benzene rings is 1. The monoisotopic (exact) mass is 365 g/mol. The molecule has 0 bridgehead atoms. The van der Waals surface area contributed by atoms with Gasteiger partial charge in [-0.3, -0.25) is 0 Å². The normalized spacial score (nSPS) is 17.0. The minimum Gasteiger partial charge on any atom is -0.467 e. The van der Waals surface area contributed by atoms with Crippen LogP contribution in [0.4, 0.5) is 5.69 Å². The number of aryl methyl sites for hydroxylation is 1. The average molecular weight is 366 g/mol. The number of anilines is 1. The predicted molar refractivity (Wildman–Crippen MR) is 98.3 cm³/mol. The summed E-state index contributed by atoms with van der Waals surface area (Å²) in [6, 6.07) is 9.74. The highest BCUT2D eigenvalue weighted by molar-refractivity contribution is 6.30. The van der Waals surface area contributed by atoms with Crippen LogP contribution >= 0.6 is 11.6 Å². The number of rotatable bonds is 7. The summed E-state index contributed by atoms with van der Waals surface area (Å²) in [4.78, 5) is 3.79. The Kier molecular flexibility index (Phi) is 6.37. The summed E-state index contributed by atoms with van der Waals surface area (Å²) in [7, 11) is 0. The van der Waals surface area contributed by atoms with E-state index in [1.165, 1.54) is 16.2 Å². The molecule has 2 aromatic rings. The van der Waals surface area contributed by atoms with Gasteiger partial charge in [0, 0.05) is 10.7 Å². The molecule has 3 rings (SSSR count). The fourth-order valence-electron chi connectivity index (χ4n) is 3.27. The first kappa shape index (κ1) is 18.3. The maximum absolute atomic E-state index is 10.2. The summed E-state index contributed by atoms with van der Waals surface area (Å²) in [5.41, 5.74) is 2.47. The van der Waals surface area contributed by atoms with Crippen LogP contribution in [-0.4, -0.2) is 50.5 Å². The highest BCUT2D eigenvalue weighted by Gasteiger charge is 2.23. The minimum absolute atomic E-state index is 0.335. The van der Waals surface area contributed by atoms with Crippen molar-refractivity contribution in [2.45, 2.75) is 19.6 Å². The molecule has 0 aliphatic carbocycles. The van der Waals surface area contributed by atoms with Crippen LogP contribution in [0.3, 0.4) is 0 Å². The van der Waals surface area contributed by atoms with Crippen LogP contribution in [0.5, 0.6) is 0 Å². The lowest BCUT2D eigenvalue weighted by atomic mass is 10.1. The zero-order chi connectivity index (χ0) is 17.6. The second-order valence-electron chi connectivity index (χ2n) is 6.62. The van der Waals surface area contributed by atoms with E-state index in [9.17, 15) is 5.11 Å². The SMILES string of the molecule is Cc1ccc(Cl)cc1N1CC[NH+](C[C@@H](O)COCc2ccco2)CC1. The molecule has 1 fully saturated rings. The van der Waals surface area contributed by atoms with Crippen LogP contribution in [-0.2, 0) is 11.3 Å². The molecular formula is C19H26ClN2O3+. The Balaban J connectivity index is 1.40. The zero-order valence-corrected chi connectivity index (χ0v) is 15.3. The summed E-state index contributed by atoms with van der Waals surface area (Å²) in [6.07, 6.45) is 1.17. The Morgan fingerprint density at radius 1 is 1.32 bits per heavy atom. The molecule has 0 unspecified atom stereocenters. The van der Waals surface area contributed by atoms with Crippen molar-refractivity contribution in [3.8, 4) is 0 Å². The van der Waals surface area contributed by atoms with E-state index >= 15 is 0 Å². The van der Waals surface area contributed by atoms with Crippen LogP contribution in [0.15, 0.2) is 41.0 Å². The standard InChI is InChI=1S/C19H25ClN2O3/c1-15-4-5-16(20)11-19(15)22-8-6-21(7-9-22)12-17(23)13-24-14-18-3-2-10-25-18/h2-5,10-11,17,23H,6-9,12-14H2,1H3/p+1/t17-/m1/s1. The van der Waals surface area contributed by atoms with E-state index in [0.29, 0.717) is 19.8 Å². The van der Waals surface area contributed by atoms with Gasteiger partial charge in [-0.2, -0.15) is 0 Å². The van der Waals surface area contributed by atoms with E-state index in [-0.39, 0.29) is 0 Å². The first-order valence-corrected chi connectivity index (χ1v) is 9.12. The summed E-state index contributed by atoms with van der Waals surface area (Å²) in [5, 5.41) is 11.0. The molecule has 25 heavy (non-hydrogen) atoms. The van der Waals surface area contributed by atoms with Crippen molar-refractivity contribution in [3.63, 3.8) is 0 Å². The quantitative estimate of drug-likeness (QED) is 0.781. The maximum Gasteiger partial charge on any atom is 0.129 e. The lowest BCUT2D eigenvalue weighted by Crippen LogP contribution is -3.16. The van der Waals surface area contributed by atoms with Gasteiger partial charge in [0.05, 0.1) is 39.0 Å². The van der Waals surface area contributed by atoms with Gasteiger partial charge in [-0.25, -0.2) is 0 Å². The predicted octanol–water partition coefficient (Wildman–Crippen LogP) is 1.52. The lowest BCUT2D eigenvalue weighted by Gasteiger charge is -2.35. The largest absolute Gasteiger partial charge is 0.467 e. The van der Waals surface area contributed by atoms with Gasteiger partial charge in [0.15, 0.2) is 0 Å². The Labute approximate surface area is 153 Å². The number of nitrogens with one attached hydrogen (secondary N) is 1. The van der Waals surface area contributed by atoms with Crippen LogP contribution in [0.25, 0.3) is 0 Å². The van der Waals surface area contributed by atoms with Crippen LogP contribution in [0, 0.1) is 6.92 Å². The number of halogens is 1. The second-order valence-corrected chi connectivity index (χ2v) is 7.06. The molecule has 1 saturated heterocycles. The number of nitrogens with zero attached hydrogens (tertiary/aromatic N) is 1. The van der Waals surface area contributed by atoms with E-state index in [4.69, 9.17) is 20.8 Å². The number of hydrogen-bond donors (Lipinski definition) is 2. The van der Waals surface area contributed by atoms with Gasteiger partial charge < -0.3 is 24.1 Å². The van der Waals surface area contributed by atoms with E-state index in [1.54, 1.807) is 6.26 Å². The molecule has 0 spiro atoms. The van der Waals surface area contributed by atoms with Crippen molar-refractivity contribution < 1.29 is 19.2 Å². The third kappa shape index (κ3) is 5.22. The van der Waals surface area contributed by atoms with Crippen molar-refractivity contribution in [3.05, 3.63) is 52.9 Å². The summed E-state index contributed by atoms with van der Waals surface area (Å²) < 4.78 is 10.7. The highest BCUT2D eigenvalue weighted by atomic mass is 35.5. The Morgan fingerprint density at radius 3 is 2.84 bits per heavy atom. The van der Waals surface area contributed by atoms with Crippen molar-refractivity contribution in [1.82, 2.24) is 0 Å². The first-order valence-electron chi connectivity index (χ1n) is 8.74. The van der Waals surface area contributed by atoms with E-state index in [1.807, 2.05) is 24.3 Å². The minimum atomic E-state index is -0.454. The number of quaternary nitrogens is 1. The first-order chi connectivity index (χ1) is 12.1. The molecule has 2 heterocycles. The third-order valence-corrected chi connectivity index (χ3v) is 4.88. The zero-order valence-electron chi connectivity index (χ0n) is 14.6. The second kappa shape index (κ2) is 8.72. The smallest absolute Gasteiger partial charge is 0.129 e. The van der Waals surface area contributed by atoms with Crippen LogP contribution in [0.1, 0.15) is 11.3 Å². The third-order valence-electron chi connectivity index (χ3n) is 4.64. The van der Waals surface area contributed by atoms with Gasteiger partial charge in [-0.1, -0.05) is 17.7 Å². The number of aliphatic hydroxyl groups is 1. The molecule has 0 amide bonds. The Bertz CT molecular complexity index is 655. The summed E-state index contributed by atoms with van der Waals surface area (Å²) in [5.74, 6) is 0.782. The molecule has 1 aromatic heterocycles. The van der Waals surface area contributed by atoms with E-state index in [0.717, 1.165) is 37.0 Å². The van der Waals surface area contributed by atoms with Gasteiger partial charge in [-0.05, 0) is 36.8 Å². The van der Waals surface area contributed by atoms with Gasteiger partial charge >= 0.3 is 0 Å². The fourth-order valence-corrected chi connectivity index (χ4v) is 3.44. The van der Waals surface area contributed by atoms with Crippen molar-refractivity contribution >= 4 is 17.3 Å². The number of hydrogen-bond acceptors (Lipinski definition) is 4. The number of furan rings is 1. The molecule has 6 heteroatoms. The molecule has 5 nitrogen and oxygen atoms in total. The van der Waals surface area contributed by atoms with Crippen LogP contribution in [0.2, 0.25) is 5.02 Å². The van der Waals surface area contributed by atoms with Crippen molar-refractivity contribution in [1.29, 1.82) is 0 Å². The number of piperazine rings is 1. The summed E-state index contributed by atoms with van der Waals surface area (Å²) >= 11 is 6.13. The molecule has 0 saturated carbocycles. The number of aliphatic hydroxyl groups excluding tert-OH is 1. The molecule has 136 valence electrons. The lowest BCUT2D eigenvalue weighted by molar-refractivity contribution is -0.903. The summed E-state index contributed by atoms with van der Waals surface area (Å²) in [6.45, 7) is 7.50. The van der Waals surface area contributed by atoms with Gasteiger partial charge in [0.2, 0.25) is 0 Å². The van der Waals surface area contributed by atoms with Gasteiger partial charge in [-0.15, -0.1) is 0 Å². The van der Waals surface area contributed by atoms with Crippen LogP contribution < -0.4 is 9.80 Å². The van der Waals surface area contributed by atoms with Gasteiger partial charge in [0.1, 0.15) is 25.0 Å². The number of ether oxygens (including phenoxy) is 1. The van der Waals surface area contributed by atoms with Crippen molar-refractivity contribution in [2.24, 2.45) is 0 Å². The molecule has 2 N–H and O–H groups in total. The highest BCUT2D eigenvalue weighted by Crippen LogP contribution is 2.24. The molecule has 1 aromatic carbocycles. The molecule has 1 aliphatic rings. The molecule has 1 atom stereocenters. The Morgan fingerprint density at radius 2 is 2.12 bits per heavy atom. The maximum atomic E-state index is 10.2. The van der Waals surface area contributed by atoms with E-state index in [2.05, 4.69) is 17.9 Å². The molecular weight excluding hydrogens is 340 g/mol. The van der Waals surface area contributed by atoms with Gasteiger partial charge in [0.25, 0.3) is 0 Å². The van der Waals surface area contributed by atoms with E-state index < -0.39 is 6.10 Å². The Hall–Kier alpha value is -1.53. The topological polar surface area (TPSA) is 50.3 Å². The fraction of sp³-hybridized carbons (Fsp3) is 0.474. The van der Waals surface area contributed by atoms with Crippen molar-refractivity contribution in [2.75, 3.05) is 44.2 Å².